The third-order valence-electron chi connectivity index (χ3n) is 3.56. The highest BCUT2D eigenvalue weighted by Gasteiger charge is 2.16. The van der Waals surface area contributed by atoms with E-state index in [2.05, 4.69) is 33.4 Å². The van der Waals surface area contributed by atoms with E-state index in [0.29, 0.717) is 6.54 Å². The summed E-state index contributed by atoms with van der Waals surface area (Å²) in [4.78, 5) is 0. The van der Waals surface area contributed by atoms with Gasteiger partial charge in [-0.25, -0.2) is 0 Å². The van der Waals surface area contributed by atoms with Crippen LogP contribution in [0.5, 0.6) is 5.75 Å². The fraction of sp³-hybridized carbons (Fsp3) is 0.250. The predicted octanol–water partition coefficient (Wildman–Crippen LogP) is 3.50. The van der Waals surface area contributed by atoms with Gasteiger partial charge in [0, 0.05) is 23.1 Å². The Labute approximate surface area is 127 Å². The average molecular weight is 333 g/mol. The molecule has 1 aliphatic heterocycles. The molecule has 3 rings (SSSR count). The Morgan fingerprint density at radius 2 is 2.10 bits per heavy atom. The molecular weight excluding hydrogens is 316 g/mol. The molecule has 0 amide bonds. The third-order valence-corrected chi connectivity index (χ3v) is 4.25. The molecule has 2 aromatic rings. The Bertz CT molecular complexity index is 615. The number of hydrogen-bond donors (Lipinski definition) is 2. The van der Waals surface area contributed by atoms with Crippen molar-refractivity contribution in [1.29, 1.82) is 0 Å². The number of benzene rings is 2. The molecule has 1 atom stereocenters. The highest BCUT2D eigenvalue weighted by molar-refractivity contribution is 9.10. The standard InChI is InChI=1S/C16H17BrN2O/c17-13-3-1-2-4-14(13)19-15(10-18)11-5-6-16-12(9-11)7-8-20-16/h1-6,9,15,19H,7-8,10,18H2. The molecule has 3 nitrogen and oxygen atoms in total. The zero-order valence-electron chi connectivity index (χ0n) is 11.1. The van der Waals surface area contributed by atoms with Gasteiger partial charge in [-0.15, -0.1) is 0 Å². The molecule has 3 N–H and O–H groups in total. The van der Waals surface area contributed by atoms with Crippen LogP contribution in [0, 0.1) is 0 Å². The van der Waals surface area contributed by atoms with Gasteiger partial charge in [-0.2, -0.15) is 0 Å². The van der Waals surface area contributed by atoms with Gasteiger partial charge in [0.05, 0.1) is 12.6 Å². The number of anilines is 1. The molecular formula is C16H17BrN2O. The molecule has 20 heavy (non-hydrogen) atoms. The van der Waals surface area contributed by atoms with Gasteiger partial charge >= 0.3 is 0 Å². The van der Waals surface area contributed by atoms with Crippen molar-refractivity contribution in [2.75, 3.05) is 18.5 Å². The minimum absolute atomic E-state index is 0.0969. The summed E-state index contributed by atoms with van der Waals surface area (Å²) in [6.07, 6.45) is 0.982. The van der Waals surface area contributed by atoms with E-state index in [9.17, 15) is 0 Å². The van der Waals surface area contributed by atoms with E-state index in [-0.39, 0.29) is 6.04 Å². The average Bonchev–Trinajstić information content (AvgIpc) is 2.94. The molecule has 0 aromatic heterocycles. The van der Waals surface area contributed by atoms with Gasteiger partial charge in [-0.3, -0.25) is 0 Å². The first kappa shape index (κ1) is 13.5. The summed E-state index contributed by atoms with van der Waals surface area (Å²) >= 11 is 3.55. The summed E-state index contributed by atoms with van der Waals surface area (Å²) in [6.45, 7) is 1.32. The van der Waals surface area contributed by atoms with E-state index in [1.54, 1.807) is 0 Å². The van der Waals surface area contributed by atoms with Gasteiger partial charge in [0.2, 0.25) is 0 Å². The lowest BCUT2D eigenvalue weighted by Gasteiger charge is -2.20. The SMILES string of the molecule is NCC(Nc1ccccc1Br)c1ccc2c(c1)CCO2. The maximum absolute atomic E-state index is 5.94. The number of rotatable bonds is 4. The topological polar surface area (TPSA) is 47.3 Å². The van der Waals surface area contributed by atoms with Crippen LogP contribution in [0.4, 0.5) is 5.69 Å². The van der Waals surface area contributed by atoms with Crippen molar-refractivity contribution in [3.8, 4) is 5.75 Å². The van der Waals surface area contributed by atoms with Crippen molar-refractivity contribution in [1.82, 2.24) is 0 Å². The monoisotopic (exact) mass is 332 g/mol. The number of hydrogen-bond acceptors (Lipinski definition) is 3. The van der Waals surface area contributed by atoms with Crippen LogP contribution in [0.25, 0.3) is 0 Å². The summed E-state index contributed by atoms with van der Waals surface area (Å²) in [7, 11) is 0. The first-order chi connectivity index (χ1) is 9.78. The van der Waals surface area contributed by atoms with E-state index >= 15 is 0 Å². The fourth-order valence-electron chi connectivity index (χ4n) is 2.47. The number of nitrogens with one attached hydrogen (secondary N) is 1. The predicted molar refractivity (Wildman–Crippen MR) is 85.2 cm³/mol. The second-order valence-electron chi connectivity index (χ2n) is 4.88. The van der Waals surface area contributed by atoms with Crippen LogP contribution in [-0.2, 0) is 6.42 Å². The molecule has 0 saturated heterocycles. The number of para-hydroxylation sites is 1. The molecule has 1 heterocycles. The van der Waals surface area contributed by atoms with Crippen LogP contribution in [0.2, 0.25) is 0 Å². The highest BCUT2D eigenvalue weighted by Crippen LogP contribution is 2.30. The van der Waals surface area contributed by atoms with E-state index in [1.807, 2.05) is 30.3 Å². The van der Waals surface area contributed by atoms with Gasteiger partial charge in [0.1, 0.15) is 5.75 Å². The van der Waals surface area contributed by atoms with Crippen LogP contribution in [-0.4, -0.2) is 13.2 Å². The molecule has 0 bridgehead atoms. The van der Waals surface area contributed by atoms with Crippen LogP contribution >= 0.6 is 15.9 Å². The summed E-state index contributed by atoms with van der Waals surface area (Å²) < 4.78 is 6.59. The lowest BCUT2D eigenvalue weighted by atomic mass is 10.0. The molecule has 0 fully saturated rings. The van der Waals surface area contributed by atoms with Gasteiger partial charge in [0.25, 0.3) is 0 Å². The van der Waals surface area contributed by atoms with E-state index in [0.717, 1.165) is 28.9 Å². The molecule has 1 aliphatic rings. The molecule has 0 radical (unpaired) electrons. The molecule has 0 spiro atoms. The smallest absolute Gasteiger partial charge is 0.122 e. The Hall–Kier alpha value is -1.52. The summed E-state index contributed by atoms with van der Waals surface area (Å²) in [6, 6.07) is 14.5. The number of halogens is 1. The van der Waals surface area contributed by atoms with Crippen LogP contribution in [0.1, 0.15) is 17.2 Å². The Balaban J connectivity index is 1.85. The fourth-order valence-corrected chi connectivity index (χ4v) is 2.87. The van der Waals surface area contributed by atoms with E-state index < -0.39 is 0 Å². The van der Waals surface area contributed by atoms with Gasteiger partial charge < -0.3 is 15.8 Å². The van der Waals surface area contributed by atoms with Crippen molar-refractivity contribution in [3.05, 3.63) is 58.1 Å². The lowest BCUT2D eigenvalue weighted by molar-refractivity contribution is 0.357. The van der Waals surface area contributed by atoms with Gasteiger partial charge in [0.15, 0.2) is 0 Å². The summed E-state index contributed by atoms with van der Waals surface area (Å²) in [5.41, 5.74) is 9.47. The van der Waals surface area contributed by atoms with Gasteiger partial charge in [-0.05, 0) is 51.3 Å². The second kappa shape index (κ2) is 5.85. The van der Waals surface area contributed by atoms with Crippen LogP contribution in [0.15, 0.2) is 46.9 Å². The molecule has 104 valence electrons. The molecule has 0 aliphatic carbocycles. The van der Waals surface area contributed by atoms with Crippen molar-refractivity contribution >= 4 is 21.6 Å². The van der Waals surface area contributed by atoms with Crippen molar-refractivity contribution in [3.63, 3.8) is 0 Å². The molecule has 4 heteroatoms. The Morgan fingerprint density at radius 3 is 2.90 bits per heavy atom. The zero-order valence-corrected chi connectivity index (χ0v) is 12.7. The van der Waals surface area contributed by atoms with Crippen molar-refractivity contribution in [2.45, 2.75) is 12.5 Å². The number of nitrogens with two attached hydrogens (primary N) is 1. The van der Waals surface area contributed by atoms with Crippen LogP contribution < -0.4 is 15.8 Å². The highest BCUT2D eigenvalue weighted by atomic mass is 79.9. The first-order valence-corrected chi connectivity index (χ1v) is 7.54. The number of ether oxygens (including phenoxy) is 1. The summed E-state index contributed by atoms with van der Waals surface area (Å²) in [5.74, 6) is 1.01. The minimum atomic E-state index is 0.0969. The summed E-state index contributed by atoms with van der Waals surface area (Å²) in [5, 5.41) is 3.49. The second-order valence-corrected chi connectivity index (χ2v) is 5.73. The van der Waals surface area contributed by atoms with E-state index in [1.165, 1.54) is 11.1 Å². The lowest BCUT2D eigenvalue weighted by Crippen LogP contribution is -2.20. The van der Waals surface area contributed by atoms with Crippen molar-refractivity contribution in [2.24, 2.45) is 5.73 Å². The normalized spacial score (nSPS) is 14.5. The number of fused-ring (bicyclic) bond motifs is 1. The zero-order chi connectivity index (χ0) is 13.9. The minimum Gasteiger partial charge on any atom is -0.493 e. The first-order valence-electron chi connectivity index (χ1n) is 6.74. The van der Waals surface area contributed by atoms with Crippen LogP contribution in [0.3, 0.4) is 0 Å². The van der Waals surface area contributed by atoms with E-state index in [4.69, 9.17) is 10.5 Å². The quantitative estimate of drug-likeness (QED) is 0.900. The van der Waals surface area contributed by atoms with Crippen molar-refractivity contribution < 1.29 is 4.74 Å². The maximum Gasteiger partial charge on any atom is 0.122 e. The molecule has 2 aromatic carbocycles. The third kappa shape index (κ3) is 2.67. The maximum atomic E-state index is 5.94. The Kier molecular flexibility index (Phi) is 3.94. The molecule has 0 saturated carbocycles. The molecule has 1 unspecified atom stereocenters. The van der Waals surface area contributed by atoms with Gasteiger partial charge in [-0.1, -0.05) is 18.2 Å². The Morgan fingerprint density at radius 1 is 1.25 bits per heavy atom. The largest absolute Gasteiger partial charge is 0.493 e.